The molecule has 2 unspecified atom stereocenters. The van der Waals surface area contributed by atoms with E-state index in [2.05, 4.69) is 26.0 Å². The molecule has 0 heterocycles. The van der Waals surface area contributed by atoms with Crippen LogP contribution in [0.3, 0.4) is 0 Å². The Balaban J connectivity index is 2.58. The first-order valence-electron chi connectivity index (χ1n) is 5.86. The summed E-state index contributed by atoms with van der Waals surface area (Å²) in [6.07, 6.45) is 12.4. The highest BCUT2D eigenvalue weighted by atomic mass is 16.1. The van der Waals surface area contributed by atoms with E-state index in [1.54, 1.807) is 0 Å². The van der Waals surface area contributed by atoms with Crippen molar-refractivity contribution in [3.05, 3.63) is 12.2 Å². The van der Waals surface area contributed by atoms with E-state index in [0.29, 0.717) is 5.92 Å². The van der Waals surface area contributed by atoms with E-state index in [1.165, 1.54) is 25.5 Å². The predicted molar refractivity (Wildman–Crippen MR) is 60.2 cm³/mol. The minimum Gasteiger partial charge on any atom is -0.303 e. The van der Waals surface area contributed by atoms with E-state index in [4.69, 9.17) is 0 Å². The second-order valence-corrected chi connectivity index (χ2v) is 4.61. The fourth-order valence-electron chi connectivity index (χ4n) is 2.34. The van der Waals surface area contributed by atoms with Crippen LogP contribution in [0.15, 0.2) is 12.2 Å². The third kappa shape index (κ3) is 2.46. The SMILES string of the molecule is CCCCC(C)C1(C=O)CC=CCC1. The number of unbranched alkanes of at least 4 members (excludes halogenated alkanes) is 1. The van der Waals surface area contributed by atoms with Gasteiger partial charge in [-0.05, 0) is 31.6 Å². The van der Waals surface area contributed by atoms with Gasteiger partial charge in [-0.15, -0.1) is 0 Å². The molecule has 0 radical (unpaired) electrons. The molecule has 0 spiro atoms. The molecule has 0 saturated heterocycles. The highest BCUT2D eigenvalue weighted by molar-refractivity contribution is 5.60. The fourth-order valence-corrected chi connectivity index (χ4v) is 2.34. The van der Waals surface area contributed by atoms with Crippen molar-refractivity contribution >= 4 is 6.29 Å². The number of carbonyl (C=O) groups excluding carboxylic acids is 1. The summed E-state index contributed by atoms with van der Waals surface area (Å²) in [4.78, 5) is 11.3. The molecule has 80 valence electrons. The highest BCUT2D eigenvalue weighted by Crippen LogP contribution is 2.40. The molecule has 0 amide bonds. The van der Waals surface area contributed by atoms with Crippen molar-refractivity contribution in [1.29, 1.82) is 0 Å². The molecule has 1 aliphatic rings. The van der Waals surface area contributed by atoms with Gasteiger partial charge in [-0.2, -0.15) is 0 Å². The first kappa shape index (κ1) is 11.5. The molecular weight excluding hydrogens is 172 g/mol. The van der Waals surface area contributed by atoms with Crippen LogP contribution in [0.1, 0.15) is 52.4 Å². The van der Waals surface area contributed by atoms with Crippen molar-refractivity contribution in [3.63, 3.8) is 0 Å². The summed E-state index contributed by atoms with van der Waals surface area (Å²) in [5.41, 5.74) is -0.0378. The minimum absolute atomic E-state index is 0.0378. The molecule has 0 bridgehead atoms. The lowest BCUT2D eigenvalue weighted by Gasteiger charge is -2.35. The molecular formula is C13H22O. The smallest absolute Gasteiger partial charge is 0.126 e. The van der Waals surface area contributed by atoms with Gasteiger partial charge in [0.1, 0.15) is 6.29 Å². The quantitative estimate of drug-likeness (QED) is 0.481. The lowest BCUT2D eigenvalue weighted by Crippen LogP contribution is -2.31. The molecule has 1 nitrogen and oxygen atoms in total. The maximum Gasteiger partial charge on any atom is 0.126 e. The zero-order valence-electron chi connectivity index (χ0n) is 9.46. The molecule has 0 aliphatic heterocycles. The maximum atomic E-state index is 11.3. The number of carbonyl (C=O) groups is 1. The van der Waals surface area contributed by atoms with Gasteiger partial charge in [-0.3, -0.25) is 0 Å². The Labute approximate surface area is 87.6 Å². The van der Waals surface area contributed by atoms with Crippen LogP contribution in [-0.4, -0.2) is 6.29 Å². The Kier molecular flexibility index (Phi) is 4.37. The second kappa shape index (κ2) is 5.33. The topological polar surface area (TPSA) is 17.1 Å². The molecule has 0 N–H and O–H groups in total. The number of aldehydes is 1. The zero-order chi connectivity index (χ0) is 10.4. The summed E-state index contributed by atoms with van der Waals surface area (Å²) in [6, 6.07) is 0. The van der Waals surface area contributed by atoms with Gasteiger partial charge < -0.3 is 4.79 Å². The molecule has 0 saturated carbocycles. The van der Waals surface area contributed by atoms with Crippen molar-refractivity contribution in [3.8, 4) is 0 Å². The Bertz CT molecular complexity index is 207. The average molecular weight is 194 g/mol. The fraction of sp³-hybridized carbons (Fsp3) is 0.769. The number of hydrogen-bond donors (Lipinski definition) is 0. The molecule has 0 aromatic rings. The van der Waals surface area contributed by atoms with E-state index < -0.39 is 0 Å². The predicted octanol–water partition coefficient (Wildman–Crippen LogP) is 3.74. The average Bonchev–Trinajstić information content (AvgIpc) is 2.26. The molecule has 1 rings (SSSR count). The van der Waals surface area contributed by atoms with E-state index >= 15 is 0 Å². The summed E-state index contributed by atoms with van der Waals surface area (Å²) in [7, 11) is 0. The monoisotopic (exact) mass is 194 g/mol. The molecule has 0 aromatic heterocycles. The summed E-state index contributed by atoms with van der Waals surface area (Å²) in [5, 5.41) is 0. The Morgan fingerprint density at radius 1 is 1.50 bits per heavy atom. The second-order valence-electron chi connectivity index (χ2n) is 4.61. The van der Waals surface area contributed by atoms with E-state index in [-0.39, 0.29) is 5.41 Å². The van der Waals surface area contributed by atoms with E-state index in [1.807, 2.05) is 0 Å². The van der Waals surface area contributed by atoms with Crippen molar-refractivity contribution < 1.29 is 4.79 Å². The van der Waals surface area contributed by atoms with Crippen LogP contribution in [0.2, 0.25) is 0 Å². The molecule has 14 heavy (non-hydrogen) atoms. The van der Waals surface area contributed by atoms with E-state index in [9.17, 15) is 4.79 Å². The van der Waals surface area contributed by atoms with Gasteiger partial charge >= 0.3 is 0 Å². The lowest BCUT2D eigenvalue weighted by molar-refractivity contribution is -0.119. The van der Waals surface area contributed by atoms with Crippen molar-refractivity contribution in [1.82, 2.24) is 0 Å². The minimum atomic E-state index is -0.0378. The van der Waals surface area contributed by atoms with Crippen LogP contribution >= 0.6 is 0 Å². The number of hydrogen-bond acceptors (Lipinski definition) is 1. The van der Waals surface area contributed by atoms with Crippen LogP contribution in [0.25, 0.3) is 0 Å². The third-order valence-corrected chi connectivity index (χ3v) is 3.65. The van der Waals surface area contributed by atoms with Crippen molar-refractivity contribution in [2.45, 2.75) is 52.4 Å². The van der Waals surface area contributed by atoms with Crippen LogP contribution in [0.4, 0.5) is 0 Å². The molecule has 0 fully saturated rings. The maximum absolute atomic E-state index is 11.3. The summed E-state index contributed by atoms with van der Waals surface area (Å²) in [6.45, 7) is 4.45. The lowest BCUT2D eigenvalue weighted by atomic mass is 9.68. The van der Waals surface area contributed by atoms with Crippen molar-refractivity contribution in [2.75, 3.05) is 0 Å². The van der Waals surface area contributed by atoms with Gasteiger partial charge in [0, 0.05) is 5.41 Å². The van der Waals surface area contributed by atoms with E-state index in [0.717, 1.165) is 19.3 Å². The normalized spacial score (nSPS) is 28.7. The van der Waals surface area contributed by atoms with Crippen LogP contribution < -0.4 is 0 Å². The molecule has 1 aliphatic carbocycles. The number of rotatable bonds is 5. The summed E-state index contributed by atoms with van der Waals surface area (Å²) < 4.78 is 0. The number of allylic oxidation sites excluding steroid dienone is 2. The van der Waals surface area contributed by atoms with Gasteiger partial charge in [0.05, 0.1) is 0 Å². The standard InChI is InChI=1S/C13H22O/c1-3-4-8-12(2)13(11-14)9-6-5-7-10-13/h5-6,11-12H,3-4,7-10H2,1-2H3. The van der Waals surface area contributed by atoms with Crippen LogP contribution in [0, 0.1) is 11.3 Å². The molecule has 1 heteroatoms. The van der Waals surface area contributed by atoms with Gasteiger partial charge in [-0.1, -0.05) is 38.8 Å². The summed E-state index contributed by atoms with van der Waals surface area (Å²) in [5.74, 6) is 0.546. The zero-order valence-corrected chi connectivity index (χ0v) is 9.46. The van der Waals surface area contributed by atoms with Gasteiger partial charge in [0.15, 0.2) is 0 Å². The molecule has 2 atom stereocenters. The largest absolute Gasteiger partial charge is 0.303 e. The Morgan fingerprint density at radius 3 is 2.79 bits per heavy atom. The van der Waals surface area contributed by atoms with Crippen LogP contribution in [0.5, 0.6) is 0 Å². The summed E-state index contributed by atoms with van der Waals surface area (Å²) >= 11 is 0. The molecule has 0 aromatic carbocycles. The Hall–Kier alpha value is -0.590. The first-order valence-corrected chi connectivity index (χ1v) is 5.86. The van der Waals surface area contributed by atoms with Gasteiger partial charge in [0.2, 0.25) is 0 Å². The highest BCUT2D eigenvalue weighted by Gasteiger charge is 2.34. The van der Waals surface area contributed by atoms with Gasteiger partial charge in [-0.25, -0.2) is 0 Å². The third-order valence-electron chi connectivity index (χ3n) is 3.65. The van der Waals surface area contributed by atoms with Crippen molar-refractivity contribution in [2.24, 2.45) is 11.3 Å². The first-order chi connectivity index (χ1) is 6.75. The Morgan fingerprint density at radius 2 is 2.29 bits per heavy atom. The van der Waals surface area contributed by atoms with Crippen LogP contribution in [-0.2, 0) is 4.79 Å². The van der Waals surface area contributed by atoms with Gasteiger partial charge in [0.25, 0.3) is 0 Å².